The molecule has 0 aromatic heterocycles. The number of rotatable bonds is 9. The monoisotopic (exact) mass is 501 g/mol. The second-order valence-corrected chi connectivity index (χ2v) is 12.6. The molecule has 6 atom stereocenters. The molecule has 1 heterocycles. The fourth-order valence-corrected chi connectivity index (χ4v) is 7.56. The lowest BCUT2D eigenvalue weighted by Gasteiger charge is -2.40. The number of ether oxygens (including phenoxy) is 1. The maximum Gasteiger partial charge on any atom is 0.237 e. The summed E-state index contributed by atoms with van der Waals surface area (Å²) in [4.78, 5) is 27.8. The van der Waals surface area contributed by atoms with Gasteiger partial charge >= 0.3 is 0 Å². The van der Waals surface area contributed by atoms with E-state index < -0.39 is 0 Å². The summed E-state index contributed by atoms with van der Waals surface area (Å²) >= 11 is 0. The van der Waals surface area contributed by atoms with Crippen molar-refractivity contribution in [3.63, 3.8) is 0 Å². The Morgan fingerprint density at radius 2 is 1.58 bits per heavy atom. The summed E-state index contributed by atoms with van der Waals surface area (Å²) in [6, 6.07) is 0.418. The second-order valence-electron chi connectivity index (χ2n) is 12.6. The number of fused-ring (bicyclic) bond motifs is 1. The minimum atomic E-state index is -0.171. The SMILES string of the molecule is N=C(N)C1CCC2CC(C(=O)NC3CCCC(OCC4CC4)C3)N(CC3CCC(C(N)=O)CC3)C2C1. The number of carbonyl (C=O) groups is 2. The Hall–Kier alpha value is -1.67. The first-order valence-electron chi connectivity index (χ1n) is 14.7. The Kier molecular flexibility index (Phi) is 8.21. The lowest BCUT2D eigenvalue weighted by atomic mass is 9.77. The van der Waals surface area contributed by atoms with Gasteiger partial charge in [-0.1, -0.05) is 0 Å². The first-order chi connectivity index (χ1) is 17.4. The van der Waals surface area contributed by atoms with Crippen molar-refractivity contribution < 1.29 is 14.3 Å². The van der Waals surface area contributed by atoms with Crippen LogP contribution < -0.4 is 16.8 Å². The Balaban J connectivity index is 1.22. The molecule has 5 fully saturated rings. The van der Waals surface area contributed by atoms with Crippen LogP contribution in [0.5, 0.6) is 0 Å². The minimum absolute atomic E-state index is 0.00447. The van der Waals surface area contributed by atoms with Crippen molar-refractivity contribution in [1.82, 2.24) is 10.2 Å². The number of carbonyl (C=O) groups excluding carboxylic acids is 2. The molecule has 0 radical (unpaired) electrons. The van der Waals surface area contributed by atoms with Gasteiger partial charge in [0.05, 0.1) is 18.0 Å². The normalized spacial score (nSPS) is 39.3. The highest BCUT2D eigenvalue weighted by Crippen LogP contribution is 2.43. The van der Waals surface area contributed by atoms with Crippen LogP contribution in [0.15, 0.2) is 0 Å². The van der Waals surface area contributed by atoms with E-state index in [0.29, 0.717) is 23.7 Å². The third kappa shape index (κ3) is 6.24. The highest BCUT2D eigenvalue weighted by molar-refractivity contribution is 5.83. The molecule has 1 aliphatic heterocycles. The van der Waals surface area contributed by atoms with Crippen LogP contribution in [-0.2, 0) is 14.3 Å². The van der Waals surface area contributed by atoms with Gasteiger partial charge in [-0.05, 0) is 108 Å². The number of nitrogens with zero attached hydrogens (tertiary/aromatic N) is 1. The van der Waals surface area contributed by atoms with Crippen molar-refractivity contribution in [2.75, 3.05) is 13.2 Å². The zero-order valence-corrected chi connectivity index (χ0v) is 21.8. The van der Waals surface area contributed by atoms with E-state index in [1.165, 1.54) is 12.8 Å². The summed E-state index contributed by atoms with van der Waals surface area (Å²) in [7, 11) is 0. The van der Waals surface area contributed by atoms with E-state index in [1.807, 2.05) is 0 Å². The Bertz CT molecular complexity index is 809. The molecule has 202 valence electrons. The van der Waals surface area contributed by atoms with E-state index in [1.54, 1.807) is 0 Å². The summed E-state index contributed by atoms with van der Waals surface area (Å²) in [6.45, 7) is 1.79. The van der Waals surface area contributed by atoms with Crippen LogP contribution in [0.25, 0.3) is 0 Å². The smallest absolute Gasteiger partial charge is 0.237 e. The van der Waals surface area contributed by atoms with Gasteiger partial charge < -0.3 is 21.5 Å². The number of nitrogens with two attached hydrogens (primary N) is 2. The van der Waals surface area contributed by atoms with E-state index in [0.717, 1.165) is 96.1 Å². The molecule has 8 heteroatoms. The van der Waals surface area contributed by atoms with Gasteiger partial charge in [0.15, 0.2) is 0 Å². The third-order valence-electron chi connectivity index (χ3n) is 10.0. The molecule has 1 saturated heterocycles. The highest BCUT2D eigenvalue weighted by atomic mass is 16.5. The molecule has 8 nitrogen and oxygen atoms in total. The number of primary amides is 1. The molecular formula is C28H47N5O3. The second kappa shape index (κ2) is 11.4. The first-order valence-corrected chi connectivity index (χ1v) is 14.7. The highest BCUT2D eigenvalue weighted by Gasteiger charge is 2.48. The largest absolute Gasteiger partial charge is 0.387 e. The number of hydrogen-bond acceptors (Lipinski definition) is 5. The predicted molar refractivity (Wildman–Crippen MR) is 139 cm³/mol. The maximum atomic E-state index is 13.7. The van der Waals surface area contributed by atoms with E-state index in [2.05, 4.69) is 10.2 Å². The molecule has 0 aromatic rings. The summed E-state index contributed by atoms with van der Waals surface area (Å²) in [6.07, 6.45) is 14.6. The van der Waals surface area contributed by atoms with Gasteiger partial charge in [0.2, 0.25) is 11.8 Å². The Labute approximate surface area is 216 Å². The van der Waals surface area contributed by atoms with Gasteiger partial charge in [0.1, 0.15) is 0 Å². The zero-order valence-electron chi connectivity index (χ0n) is 21.8. The molecule has 4 aliphatic carbocycles. The maximum absolute atomic E-state index is 13.7. The zero-order chi connectivity index (χ0) is 25.2. The van der Waals surface area contributed by atoms with Crippen molar-refractivity contribution in [3.8, 4) is 0 Å². The number of hydrogen-bond donors (Lipinski definition) is 4. The molecular weight excluding hydrogens is 454 g/mol. The van der Waals surface area contributed by atoms with Crippen molar-refractivity contribution in [3.05, 3.63) is 0 Å². The molecule has 4 saturated carbocycles. The molecule has 36 heavy (non-hydrogen) atoms. The molecule has 5 rings (SSSR count). The summed E-state index contributed by atoms with van der Waals surface area (Å²) in [5.74, 6) is 2.20. The van der Waals surface area contributed by atoms with Crippen LogP contribution in [-0.4, -0.2) is 59.9 Å². The van der Waals surface area contributed by atoms with Gasteiger partial charge in [0.25, 0.3) is 0 Å². The third-order valence-corrected chi connectivity index (χ3v) is 10.0. The molecule has 2 amide bonds. The molecule has 6 N–H and O–H groups in total. The average Bonchev–Trinajstić information content (AvgIpc) is 3.63. The fourth-order valence-electron chi connectivity index (χ4n) is 7.56. The molecule has 0 bridgehead atoms. The summed E-state index contributed by atoms with van der Waals surface area (Å²) in [5.41, 5.74) is 11.5. The van der Waals surface area contributed by atoms with E-state index in [4.69, 9.17) is 21.6 Å². The van der Waals surface area contributed by atoms with E-state index in [-0.39, 0.29) is 41.8 Å². The van der Waals surface area contributed by atoms with Crippen LogP contribution in [0.4, 0.5) is 0 Å². The van der Waals surface area contributed by atoms with Crippen LogP contribution in [0.1, 0.15) is 89.9 Å². The van der Waals surface area contributed by atoms with E-state index >= 15 is 0 Å². The standard InChI is InChI=1S/C28H47N5O3/c29-26(30)21-11-10-20-12-25(28(35)32-22-2-1-3-23(14-22)36-16-18-4-5-18)33(24(20)13-21)15-17-6-8-19(9-7-17)27(31)34/h17-25H,1-16H2,(H3,29,30)(H2,31,34)(H,32,35). The summed E-state index contributed by atoms with van der Waals surface area (Å²) < 4.78 is 6.18. The number of amides is 2. The van der Waals surface area contributed by atoms with Crippen LogP contribution >= 0.6 is 0 Å². The van der Waals surface area contributed by atoms with Gasteiger partial charge in [-0.15, -0.1) is 0 Å². The van der Waals surface area contributed by atoms with Crippen LogP contribution in [0.3, 0.4) is 0 Å². The quantitative estimate of drug-likeness (QED) is 0.285. The lowest BCUT2D eigenvalue weighted by molar-refractivity contribution is -0.127. The molecule has 5 aliphatic rings. The predicted octanol–water partition coefficient (Wildman–Crippen LogP) is 2.93. The number of amidine groups is 1. The van der Waals surface area contributed by atoms with Gasteiger partial charge in [0, 0.05) is 37.1 Å². The van der Waals surface area contributed by atoms with Crippen molar-refractivity contribution in [2.45, 2.75) is 114 Å². The lowest BCUT2D eigenvalue weighted by Crippen LogP contribution is -2.52. The molecule has 0 aromatic carbocycles. The van der Waals surface area contributed by atoms with Crippen molar-refractivity contribution in [1.29, 1.82) is 5.41 Å². The summed E-state index contributed by atoms with van der Waals surface area (Å²) in [5, 5.41) is 11.5. The fraction of sp³-hybridized carbons (Fsp3) is 0.893. The average molecular weight is 502 g/mol. The first kappa shape index (κ1) is 26.0. The number of likely N-dealkylation sites (tertiary alicyclic amines) is 1. The molecule has 0 spiro atoms. The minimum Gasteiger partial charge on any atom is -0.387 e. The van der Waals surface area contributed by atoms with Crippen molar-refractivity contribution in [2.24, 2.45) is 41.1 Å². The molecule has 6 unspecified atom stereocenters. The van der Waals surface area contributed by atoms with Crippen LogP contribution in [0, 0.1) is 35.0 Å². The van der Waals surface area contributed by atoms with Gasteiger partial charge in [-0.2, -0.15) is 0 Å². The van der Waals surface area contributed by atoms with Crippen LogP contribution in [0.2, 0.25) is 0 Å². The number of nitrogens with one attached hydrogen (secondary N) is 2. The van der Waals surface area contributed by atoms with Gasteiger partial charge in [-0.25, -0.2) is 0 Å². The van der Waals surface area contributed by atoms with Crippen molar-refractivity contribution >= 4 is 17.6 Å². The Morgan fingerprint density at radius 1 is 0.861 bits per heavy atom. The van der Waals surface area contributed by atoms with E-state index in [9.17, 15) is 9.59 Å². The van der Waals surface area contributed by atoms with Gasteiger partial charge in [-0.3, -0.25) is 19.9 Å². The topological polar surface area (TPSA) is 135 Å². The Morgan fingerprint density at radius 3 is 2.28 bits per heavy atom.